The minimum absolute atomic E-state index is 0.0341. The van der Waals surface area contributed by atoms with Crippen molar-refractivity contribution >= 4 is 6.09 Å². The number of aliphatic hydroxyl groups excluding tert-OH is 2. The molecule has 6 nitrogen and oxygen atoms in total. The van der Waals surface area contributed by atoms with E-state index in [1.807, 2.05) is 0 Å². The van der Waals surface area contributed by atoms with E-state index in [4.69, 9.17) is 9.84 Å². The Balaban J connectivity index is 2.05. The molecule has 0 aliphatic carbocycles. The van der Waals surface area contributed by atoms with Gasteiger partial charge in [0, 0.05) is 38.5 Å². The molecular weight excluding hydrogens is 346 g/mol. The van der Waals surface area contributed by atoms with Crippen LogP contribution in [0.3, 0.4) is 0 Å². The molecule has 1 aliphatic heterocycles. The number of carbonyl (C=O) groups is 1. The number of alkyl halides is 1. The number of aromatic nitrogens is 1. The molecule has 2 N–H and O–H groups in total. The van der Waals surface area contributed by atoms with E-state index < -0.39 is 35.9 Å². The zero-order valence-corrected chi connectivity index (χ0v) is 15.3. The first-order chi connectivity index (χ1) is 12.0. The first kappa shape index (κ1) is 20.5. The maximum Gasteiger partial charge on any atom is 0.410 e. The number of halogens is 2. The maximum atomic E-state index is 15.2. The predicted molar refractivity (Wildman–Crippen MR) is 90.8 cm³/mol. The van der Waals surface area contributed by atoms with Crippen molar-refractivity contribution in [3.63, 3.8) is 0 Å². The number of nitrogens with zero attached hydrogens (tertiary/aromatic N) is 2. The molecule has 1 aliphatic rings. The molecule has 0 bridgehead atoms. The second-order valence-corrected chi connectivity index (χ2v) is 7.65. The van der Waals surface area contributed by atoms with Gasteiger partial charge in [0.25, 0.3) is 0 Å². The van der Waals surface area contributed by atoms with Crippen LogP contribution >= 0.6 is 0 Å². The summed E-state index contributed by atoms with van der Waals surface area (Å²) in [6.45, 7) is 5.03. The largest absolute Gasteiger partial charge is 0.444 e. The van der Waals surface area contributed by atoms with Crippen LogP contribution < -0.4 is 0 Å². The number of hydrogen-bond donors (Lipinski definition) is 2. The van der Waals surface area contributed by atoms with E-state index in [-0.39, 0.29) is 38.0 Å². The van der Waals surface area contributed by atoms with E-state index in [2.05, 4.69) is 4.98 Å². The SMILES string of the molecule is CC(C)(C)OC(=O)N1CCC(F)(c2ncc(CC(O)CO)cc2F)CC1. The summed E-state index contributed by atoms with van der Waals surface area (Å²) in [5, 5.41) is 18.2. The topological polar surface area (TPSA) is 82.9 Å². The lowest BCUT2D eigenvalue weighted by molar-refractivity contribution is 0.000454. The number of rotatable bonds is 4. The Morgan fingerprint density at radius 3 is 2.54 bits per heavy atom. The number of aliphatic hydroxyl groups is 2. The van der Waals surface area contributed by atoms with E-state index in [1.165, 1.54) is 11.1 Å². The van der Waals surface area contributed by atoms with Crippen LogP contribution in [0.4, 0.5) is 13.6 Å². The van der Waals surface area contributed by atoms with Crippen LogP contribution in [0.2, 0.25) is 0 Å². The monoisotopic (exact) mass is 372 g/mol. The lowest BCUT2D eigenvalue weighted by atomic mass is 9.89. The second kappa shape index (κ2) is 7.84. The summed E-state index contributed by atoms with van der Waals surface area (Å²) in [5.41, 5.74) is -2.51. The van der Waals surface area contributed by atoms with Gasteiger partial charge in [-0.2, -0.15) is 0 Å². The van der Waals surface area contributed by atoms with Crippen LogP contribution in [0, 0.1) is 5.82 Å². The fourth-order valence-corrected chi connectivity index (χ4v) is 2.86. The van der Waals surface area contributed by atoms with Gasteiger partial charge >= 0.3 is 6.09 Å². The smallest absolute Gasteiger partial charge is 0.410 e. The number of hydrogen-bond acceptors (Lipinski definition) is 5. The number of amides is 1. The van der Waals surface area contributed by atoms with Crippen molar-refractivity contribution in [3.05, 3.63) is 29.3 Å². The minimum atomic E-state index is -1.96. The van der Waals surface area contributed by atoms with E-state index in [0.717, 1.165) is 6.07 Å². The molecule has 1 unspecified atom stereocenters. The molecule has 1 amide bonds. The molecule has 1 aromatic heterocycles. The van der Waals surface area contributed by atoms with E-state index in [0.29, 0.717) is 5.56 Å². The number of piperidine rings is 1. The lowest BCUT2D eigenvalue weighted by Gasteiger charge is -2.36. The molecule has 146 valence electrons. The van der Waals surface area contributed by atoms with Crippen LogP contribution in [0.5, 0.6) is 0 Å². The Hall–Kier alpha value is -1.80. The minimum Gasteiger partial charge on any atom is -0.444 e. The van der Waals surface area contributed by atoms with Gasteiger partial charge in [-0.3, -0.25) is 4.98 Å². The van der Waals surface area contributed by atoms with Crippen molar-refractivity contribution in [2.75, 3.05) is 19.7 Å². The molecule has 0 radical (unpaired) electrons. The number of pyridine rings is 1. The van der Waals surface area contributed by atoms with Gasteiger partial charge < -0.3 is 19.8 Å². The lowest BCUT2D eigenvalue weighted by Crippen LogP contribution is -2.45. The third-order valence-electron chi connectivity index (χ3n) is 4.21. The fourth-order valence-electron chi connectivity index (χ4n) is 2.86. The Morgan fingerprint density at radius 1 is 1.42 bits per heavy atom. The Bertz CT molecular complexity index is 641. The van der Waals surface area contributed by atoms with Gasteiger partial charge in [0.15, 0.2) is 5.67 Å². The first-order valence-electron chi connectivity index (χ1n) is 8.65. The summed E-state index contributed by atoms with van der Waals surface area (Å²) in [5.74, 6) is -0.791. The van der Waals surface area contributed by atoms with E-state index >= 15 is 4.39 Å². The molecule has 1 saturated heterocycles. The van der Waals surface area contributed by atoms with E-state index in [1.54, 1.807) is 20.8 Å². The number of carbonyl (C=O) groups excluding carboxylic acids is 1. The van der Waals surface area contributed by atoms with Crippen LogP contribution in [-0.2, 0) is 16.8 Å². The first-order valence-corrected chi connectivity index (χ1v) is 8.65. The maximum absolute atomic E-state index is 15.2. The van der Waals surface area contributed by atoms with Crippen molar-refractivity contribution in [2.24, 2.45) is 0 Å². The van der Waals surface area contributed by atoms with Crippen molar-refractivity contribution < 1.29 is 28.5 Å². The summed E-state index contributed by atoms with van der Waals surface area (Å²) in [6.07, 6.45) is -0.339. The molecule has 1 atom stereocenters. The van der Waals surface area contributed by atoms with E-state index in [9.17, 15) is 14.3 Å². The average Bonchev–Trinajstić information content (AvgIpc) is 2.53. The average molecular weight is 372 g/mol. The van der Waals surface area contributed by atoms with Crippen LogP contribution in [0.25, 0.3) is 0 Å². The third kappa shape index (κ3) is 5.11. The van der Waals surface area contributed by atoms with Gasteiger partial charge in [-0.1, -0.05) is 0 Å². The van der Waals surface area contributed by atoms with Crippen LogP contribution in [0.1, 0.15) is 44.9 Å². The number of ether oxygens (including phenoxy) is 1. The molecule has 26 heavy (non-hydrogen) atoms. The van der Waals surface area contributed by atoms with Crippen molar-refractivity contribution in [3.8, 4) is 0 Å². The van der Waals surface area contributed by atoms with Gasteiger partial charge in [-0.05, 0) is 32.4 Å². The molecule has 1 fully saturated rings. The molecule has 8 heteroatoms. The molecule has 1 aromatic rings. The standard InChI is InChI=1S/C18H26F2N2O4/c1-17(2,3)26-16(25)22-6-4-18(20,5-7-22)15-14(19)9-12(10-21-15)8-13(24)11-23/h9-10,13,23-24H,4-8,11H2,1-3H3. The fraction of sp³-hybridized carbons (Fsp3) is 0.667. The summed E-state index contributed by atoms with van der Waals surface area (Å²) in [7, 11) is 0. The highest BCUT2D eigenvalue weighted by Gasteiger charge is 2.41. The number of likely N-dealkylation sites (tertiary alicyclic amines) is 1. The van der Waals surface area contributed by atoms with Crippen LogP contribution in [0.15, 0.2) is 12.3 Å². The molecule has 0 aromatic carbocycles. The molecule has 2 heterocycles. The zero-order chi connectivity index (χ0) is 19.5. The molecule has 0 spiro atoms. The zero-order valence-electron chi connectivity index (χ0n) is 15.3. The quantitative estimate of drug-likeness (QED) is 0.848. The Kier molecular flexibility index (Phi) is 6.18. The summed E-state index contributed by atoms with van der Waals surface area (Å²) < 4.78 is 34.9. The molecule has 0 saturated carbocycles. The van der Waals surface area contributed by atoms with Gasteiger partial charge in [0.05, 0.1) is 12.7 Å². The highest BCUT2D eigenvalue weighted by atomic mass is 19.1. The highest BCUT2D eigenvalue weighted by Crippen LogP contribution is 2.37. The van der Waals surface area contributed by atoms with Gasteiger partial charge in [0.1, 0.15) is 17.1 Å². The van der Waals surface area contributed by atoms with Gasteiger partial charge in [-0.15, -0.1) is 0 Å². The van der Waals surface area contributed by atoms with Gasteiger partial charge in [-0.25, -0.2) is 13.6 Å². The summed E-state index contributed by atoms with van der Waals surface area (Å²) in [4.78, 5) is 17.4. The van der Waals surface area contributed by atoms with Crippen molar-refractivity contribution in [1.82, 2.24) is 9.88 Å². The van der Waals surface area contributed by atoms with Crippen molar-refractivity contribution in [1.29, 1.82) is 0 Å². The Morgan fingerprint density at radius 2 is 2.04 bits per heavy atom. The normalized spacial score (nSPS) is 18.5. The predicted octanol–water partition coefficient (Wildman–Crippen LogP) is 2.31. The molecular formula is C18H26F2N2O4. The molecule has 2 rings (SSSR count). The van der Waals surface area contributed by atoms with Crippen LogP contribution in [-0.4, -0.2) is 57.6 Å². The second-order valence-electron chi connectivity index (χ2n) is 7.65. The van der Waals surface area contributed by atoms with Gasteiger partial charge in [0.2, 0.25) is 0 Å². The third-order valence-corrected chi connectivity index (χ3v) is 4.21. The van der Waals surface area contributed by atoms with Crippen molar-refractivity contribution in [2.45, 2.75) is 57.4 Å². The summed E-state index contributed by atoms with van der Waals surface area (Å²) >= 11 is 0. The Labute approximate surface area is 151 Å². The summed E-state index contributed by atoms with van der Waals surface area (Å²) in [6, 6.07) is 1.13. The highest BCUT2D eigenvalue weighted by molar-refractivity contribution is 5.68.